The van der Waals surface area contributed by atoms with Crippen molar-refractivity contribution in [2.24, 2.45) is 0 Å². The van der Waals surface area contributed by atoms with Crippen LogP contribution in [0.15, 0.2) is 72.8 Å². The molecule has 0 atom stereocenters. The molecule has 0 saturated heterocycles. The summed E-state index contributed by atoms with van der Waals surface area (Å²) in [4.78, 5) is 13.6. The largest absolute Gasteiger partial charge is 0.289 e. The fourth-order valence-electron chi connectivity index (χ4n) is 4.04. The van der Waals surface area contributed by atoms with Crippen molar-refractivity contribution in [3.05, 3.63) is 95.1 Å². The topological polar surface area (TPSA) is 17.1 Å². The lowest BCUT2D eigenvalue weighted by Crippen LogP contribution is -2.09. The van der Waals surface area contributed by atoms with E-state index < -0.39 is 0 Å². The zero-order valence-corrected chi connectivity index (χ0v) is 18.8. The van der Waals surface area contributed by atoms with Crippen molar-refractivity contribution in [3.8, 4) is 22.3 Å². The predicted molar refractivity (Wildman–Crippen MR) is 127 cm³/mol. The highest BCUT2D eigenvalue weighted by Gasteiger charge is 2.22. The number of fused-ring (bicyclic) bond motifs is 2. The van der Waals surface area contributed by atoms with E-state index in [9.17, 15) is 4.79 Å². The fraction of sp³-hybridized carbons (Fsp3) is 0.276. The number of ketones is 1. The minimum atomic E-state index is 0.0715. The third kappa shape index (κ3) is 3.65. The molecule has 0 unspecified atom stereocenters. The van der Waals surface area contributed by atoms with Crippen LogP contribution in [0.3, 0.4) is 0 Å². The molecule has 0 aromatic carbocycles. The molecule has 0 N–H and O–H groups in total. The van der Waals surface area contributed by atoms with Crippen molar-refractivity contribution in [1.29, 1.82) is 0 Å². The van der Waals surface area contributed by atoms with Crippen LogP contribution in [-0.4, -0.2) is 5.78 Å². The first-order chi connectivity index (χ1) is 14.1. The van der Waals surface area contributed by atoms with E-state index in [-0.39, 0.29) is 16.6 Å². The fourth-order valence-corrected chi connectivity index (χ4v) is 4.04. The first-order valence-electron chi connectivity index (χ1n) is 10.7. The molecule has 0 bridgehead atoms. The molecule has 4 aliphatic rings. The SMILES string of the molecule is CC(C)(C)c1ccc2ccc(C(=O)c3ccc4ccc(C(C)(C)C)ccc3-4)c-2cc1. The summed E-state index contributed by atoms with van der Waals surface area (Å²) in [6, 6.07) is 25.1. The lowest BCUT2D eigenvalue weighted by atomic mass is 9.88. The maximum absolute atomic E-state index is 13.6. The van der Waals surface area contributed by atoms with Crippen LogP contribution in [0.2, 0.25) is 0 Å². The Morgan fingerprint density at radius 3 is 1.20 bits per heavy atom. The highest BCUT2D eigenvalue weighted by Crippen LogP contribution is 2.35. The predicted octanol–water partition coefficient (Wildman–Crippen LogP) is 7.72. The zero-order chi connectivity index (χ0) is 21.7. The molecule has 0 fully saturated rings. The van der Waals surface area contributed by atoms with Gasteiger partial charge in [-0.1, -0.05) is 102 Å². The average Bonchev–Trinajstić information content (AvgIpc) is 3.08. The Bertz CT molecular complexity index is 1070. The smallest absolute Gasteiger partial charge is 0.194 e. The van der Waals surface area contributed by atoms with E-state index in [4.69, 9.17) is 0 Å². The van der Waals surface area contributed by atoms with Crippen molar-refractivity contribution in [2.45, 2.75) is 52.4 Å². The quantitative estimate of drug-likeness (QED) is 0.318. The molecule has 1 heteroatoms. The molecule has 0 heterocycles. The van der Waals surface area contributed by atoms with Gasteiger partial charge in [-0.25, -0.2) is 0 Å². The van der Waals surface area contributed by atoms with Crippen LogP contribution in [0.1, 0.15) is 68.6 Å². The Morgan fingerprint density at radius 1 is 0.500 bits per heavy atom. The number of carbonyl (C=O) groups excluding carboxylic acids is 1. The minimum Gasteiger partial charge on any atom is -0.289 e. The first kappa shape index (κ1) is 20.3. The molecule has 0 aromatic rings. The van der Waals surface area contributed by atoms with Gasteiger partial charge in [-0.05, 0) is 56.3 Å². The van der Waals surface area contributed by atoms with E-state index in [1.165, 1.54) is 11.1 Å². The molecule has 0 amide bonds. The summed E-state index contributed by atoms with van der Waals surface area (Å²) in [5, 5.41) is 0. The van der Waals surface area contributed by atoms with Crippen molar-refractivity contribution >= 4 is 5.78 Å². The molecular weight excluding hydrogens is 364 g/mol. The molecule has 30 heavy (non-hydrogen) atoms. The molecule has 0 spiro atoms. The van der Waals surface area contributed by atoms with E-state index >= 15 is 0 Å². The van der Waals surface area contributed by atoms with Gasteiger partial charge in [0.25, 0.3) is 0 Å². The monoisotopic (exact) mass is 394 g/mol. The Morgan fingerprint density at radius 2 is 0.833 bits per heavy atom. The Balaban J connectivity index is 1.79. The van der Waals surface area contributed by atoms with E-state index in [1.54, 1.807) is 0 Å². The summed E-state index contributed by atoms with van der Waals surface area (Å²) in [6.45, 7) is 13.3. The van der Waals surface area contributed by atoms with Gasteiger partial charge in [0.05, 0.1) is 0 Å². The first-order valence-corrected chi connectivity index (χ1v) is 10.7. The van der Waals surface area contributed by atoms with Gasteiger partial charge >= 0.3 is 0 Å². The normalized spacial score (nSPS) is 12.5. The van der Waals surface area contributed by atoms with Gasteiger partial charge in [0, 0.05) is 11.1 Å². The van der Waals surface area contributed by atoms with E-state index in [2.05, 4.69) is 102 Å². The zero-order valence-electron chi connectivity index (χ0n) is 18.8. The number of carbonyl (C=O) groups is 1. The number of rotatable bonds is 2. The highest BCUT2D eigenvalue weighted by molar-refractivity contribution is 6.17. The second kappa shape index (κ2) is 7.09. The maximum atomic E-state index is 13.6. The van der Waals surface area contributed by atoms with Gasteiger partial charge in [0.15, 0.2) is 5.78 Å². The van der Waals surface area contributed by atoms with Crippen LogP contribution < -0.4 is 0 Å². The van der Waals surface area contributed by atoms with E-state index in [1.807, 2.05) is 12.1 Å². The van der Waals surface area contributed by atoms with Crippen molar-refractivity contribution in [1.82, 2.24) is 0 Å². The molecule has 4 rings (SSSR count). The van der Waals surface area contributed by atoms with Gasteiger partial charge in [0.1, 0.15) is 0 Å². The van der Waals surface area contributed by atoms with Crippen LogP contribution in [0, 0.1) is 0 Å². The van der Waals surface area contributed by atoms with Gasteiger partial charge in [-0.15, -0.1) is 0 Å². The third-order valence-corrected chi connectivity index (χ3v) is 6.03. The van der Waals surface area contributed by atoms with Crippen LogP contribution >= 0.6 is 0 Å². The van der Waals surface area contributed by atoms with Crippen molar-refractivity contribution in [3.63, 3.8) is 0 Å². The van der Waals surface area contributed by atoms with Crippen LogP contribution in [0.25, 0.3) is 22.3 Å². The third-order valence-electron chi connectivity index (χ3n) is 6.03. The lowest BCUT2D eigenvalue weighted by Gasteiger charge is -2.17. The van der Waals surface area contributed by atoms with Crippen LogP contribution in [0.5, 0.6) is 0 Å². The average molecular weight is 395 g/mol. The summed E-state index contributed by atoms with van der Waals surface area (Å²) in [6.07, 6.45) is 0. The summed E-state index contributed by atoms with van der Waals surface area (Å²) < 4.78 is 0. The van der Waals surface area contributed by atoms with Crippen molar-refractivity contribution in [2.75, 3.05) is 0 Å². The second-order valence-electron chi connectivity index (χ2n) is 10.3. The molecule has 0 radical (unpaired) electrons. The lowest BCUT2D eigenvalue weighted by molar-refractivity contribution is 0.104. The number of hydrogen-bond acceptors (Lipinski definition) is 1. The summed E-state index contributed by atoms with van der Waals surface area (Å²) in [5.74, 6) is 0.0898. The number of hydrogen-bond donors (Lipinski definition) is 0. The molecular formula is C29H30O. The summed E-state index contributed by atoms with van der Waals surface area (Å²) >= 11 is 0. The maximum Gasteiger partial charge on any atom is 0.194 e. The van der Waals surface area contributed by atoms with Crippen LogP contribution in [0.4, 0.5) is 0 Å². The van der Waals surface area contributed by atoms with E-state index in [0.717, 1.165) is 33.4 Å². The molecule has 0 aromatic heterocycles. The van der Waals surface area contributed by atoms with Gasteiger partial charge < -0.3 is 0 Å². The van der Waals surface area contributed by atoms with Crippen molar-refractivity contribution < 1.29 is 4.79 Å². The second-order valence-corrected chi connectivity index (χ2v) is 10.3. The Kier molecular flexibility index (Phi) is 4.81. The van der Waals surface area contributed by atoms with Gasteiger partial charge in [-0.2, -0.15) is 0 Å². The minimum absolute atomic E-state index is 0.0715. The van der Waals surface area contributed by atoms with E-state index in [0.29, 0.717) is 0 Å². The highest BCUT2D eigenvalue weighted by atomic mass is 16.1. The molecule has 0 saturated carbocycles. The van der Waals surface area contributed by atoms with Gasteiger partial charge in [-0.3, -0.25) is 4.79 Å². The Hall–Kier alpha value is -2.93. The molecule has 0 aliphatic heterocycles. The van der Waals surface area contributed by atoms with Gasteiger partial charge in [0.2, 0.25) is 0 Å². The summed E-state index contributed by atoms with van der Waals surface area (Å²) in [5.41, 5.74) is 8.45. The Labute approximate surface area is 180 Å². The molecule has 152 valence electrons. The molecule has 1 nitrogen and oxygen atoms in total. The standard InChI is InChI=1S/C29H30O/c1-28(2,3)21-11-7-19-9-15-25(23(19)17-13-21)27(30)26-16-10-20-8-12-22(29(4,5)6)14-18-24(20)26/h7-18H,1-6H3. The van der Waals surface area contributed by atoms with Crippen LogP contribution in [-0.2, 0) is 10.8 Å². The molecule has 4 aliphatic carbocycles. The summed E-state index contributed by atoms with van der Waals surface area (Å²) in [7, 11) is 0.